The smallest absolute Gasteiger partial charge is 0.362 e. The van der Waals surface area contributed by atoms with Crippen LogP contribution in [0.3, 0.4) is 0 Å². The molecule has 1 aliphatic rings. The number of alkyl halides is 1. The summed E-state index contributed by atoms with van der Waals surface area (Å²) in [7, 11) is 0. The number of carbonyl (C=O) groups excluding carboxylic acids is 3. The van der Waals surface area contributed by atoms with Crippen LogP contribution < -0.4 is 4.90 Å². The van der Waals surface area contributed by atoms with Gasteiger partial charge in [-0.25, -0.2) is 9.18 Å². The van der Waals surface area contributed by atoms with E-state index in [9.17, 15) is 18.8 Å². The van der Waals surface area contributed by atoms with E-state index in [4.69, 9.17) is 0 Å². The van der Waals surface area contributed by atoms with Crippen LogP contribution in [0.25, 0.3) is 0 Å². The second kappa shape index (κ2) is 4.56. The first-order valence-corrected chi connectivity index (χ1v) is 5.35. The lowest BCUT2D eigenvalue weighted by atomic mass is 10.1. The van der Waals surface area contributed by atoms with E-state index >= 15 is 0 Å². The van der Waals surface area contributed by atoms with E-state index in [2.05, 4.69) is 4.74 Å². The van der Waals surface area contributed by atoms with Crippen LogP contribution in [0.4, 0.5) is 10.1 Å². The molecule has 6 heteroatoms. The number of benzene rings is 1. The van der Waals surface area contributed by atoms with Gasteiger partial charge in [0, 0.05) is 0 Å². The molecule has 1 aromatic rings. The number of nitrogens with zero attached hydrogens (tertiary/aromatic N) is 1. The summed E-state index contributed by atoms with van der Waals surface area (Å²) < 4.78 is 18.4. The van der Waals surface area contributed by atoms with Crippen LogP contribution in [-0.4, -0.2) is 30.6 Å². The van der Waals surface area contributed by atoms with Crippen molar-refractivity contribution in [2.45, 2.75) is 13.2 Å². The Hall–Kier alpha value is -2.24. The second-order valence-corrected chi connectivity index (χ2v) is 3.61. The van der Waals surface area contributed by atoms with Crippen LogP contribution in [0.1, 0.15) is 17.3 Å². The van der Waals surface area contributed by atoms with Gasteiger partial charge in [-0.2, -0.15) is 0 Å². The number of esters is 1. The summed E-state index contributed by atoms with van der Waals surface area (Å²) in [5.41, 5.74) is 0.183. The van der Waals surface area contributed by atoms with E-state index < -0.39 is 24.0 Å². The summed E-state index contributed by atoms with van der Waals surface area (Å²) >= 11 is 0. The third-order valence-corrected chi connectivity index (χ3v) is 2.53. The first-order valence-electron chi connectivity index (χ1n) is 5.35. The zero-order valence-electron chi connectivity index (χ0n) is 9.55. The predicted molar refractivity (Wildman–Crippen MR) is 59.8 cm³/mol. The standard InChI is InChI=1S/C12H10FNO4/c1-2-18-12(17)10(13)14-8-6-4-3-5-7(8)9(15)11(14)16/h3-6,10H,2H2,1H3. The molecule has 1 unspecified atom stereocenters. The number of para-hydroxylation sites is 1. The van der Waals surface area contributed by atoms with Gasteiger partial charge in [0.15, 0.2) is 0 Å². The summed E-state index contributed by atoms with van der Waals surface area (Å²) in [6.07, 6.45) is -2.30. The number of rotatable bonds is 3. The lowest BCUT2D eigenvalue weighted by Crippen LogP contribution is -2.42. The molecule has 5 nitrogen and oxygen atoms in total. The van der Waals surface area contributed by atoms with Crippen LogP contribution in [0, 0.1) is 0 Å². The number of ketones is 1. The van der Waals surface area contributed by atoms with Crippen molar-refractivity contribution < 1.29 is 23.5 Å². The minimum absolute atomic E-state index is 0.00310. The molecule has 0 N–H and O–H groups in total. The fraction of sp³-hybridized carbons (Fsp3) is 0.250. The molecular weight excluding hydrogens is 241 g/mol. The summed E-state index contributed by atoms with van der Waals surface area (Å²) in [6, 6.07) is 5.93. The van der Waals surface area contributed by atoms with Crippen molar-refractivity contribution in [2.75, 3.05) is 11.5 Å². The minimum Gasteiger partial charge on any atom is -0.462 e. The highest BCUT2D eigenvalue weighted by molar-refractivity contribution is 6.52. The Labute approximate surface area is 102 Å². The molecule has 0 spiro atoms. The number of halogens is 1. The number of amides is 1. The largest absolute Gasteiger partial charge is 0.462 e. The van der Waals surface area contributed by atoms with Crippen molar-refractivity contribution in [3.8, 4) is 0 Å². The molecule has 0 saturated carbocycles. The van der Waals surface area contributed by atoms with Crippen molar-refractivity contribution in [2.24, 2.45) is 0 Å². The van der Waals surface area contributed by atoms with Crippen LogP contribution in [0.5, 0.6) is 0 Å². The summed E-state index contributed by atoms with van der Waals surface area (Å²) in [5, 5.41) is 0. The topological polar surface area (TPSA) is 63.7 Å². The van der Waals surface area contributed by atoms with Gasteiger partial charge in [-0.3, -0.25) is 14.5 Å². The Morgan fingerprint density at radius 1 is 1.39 bits per heavy atom. The van der Waals surface area contributed by atoms with E-state index in [1.807, 2.05) is 0 Å². The van der Waals surface area contributed by atoms with Gasteiger partial charge in [0.25, 0.3) is 12.1 Å². The van der Waals surface area contributed by atoms with Crippen LogP contribution in [0.15, 0.2) is 24.3 Å². The highest BCUT2D eigenvalue weighted by atomic mass is 19.1. The normalized spacial score (nSPS) is 15.6. The molecule has 18 heavy (non-hydrogen) atoms. The fourth-order valence-electron chi connectivity index (χ4n) is 1.75. The van der Waals surface area contributed by atoms with Crippen LogP contribution >= 0.6 is 0 Å². The van der Waals surface area contributed by atoms with Gasteiger partial charge in [-0.1, -0.05) is 12.1 Å². The molecule has 0 saturated heterocycles. The minimum atomic E-state index is -2.30. The average molecular weight is 251 g/mol. The van der Waals surface area contributed by atoms with E-state index in [0.717, 1.165) is 0 Å². The lowest BCUT2D eigenvalue weighted by molar-refractivity contribution is -0.150. The predicted octanol–water partition coefficient (Wildman–Crippen LogP) is 1.07. The van der Waals surface area contributed by atoms with Crippen molar-refractivity contribution >= 4 is 23.3 Å². The van der Waals surface area contributed by atoms with Gasteiger partial charge in [0.2, 0.25) is 0 Å². The Morgan fingerprint density at radius 3 is 2.72 bits per heavy atom. The van der Waals surface area contributed by atoms with Gasteiger partial charge >= 0.3 is 11.9 Å². The fourth-order valence-corrected chi connectivity index (χ4v) is 1.75. The Bertz CT molecular complexity index is 529. The molecule has 1 amide bonds. The zero-order chi connectivity index (χ0) is 13.3. The van der Waals surface area contributed by atoms with Gasteiger partial charge in [0.1, 0.15) is 0 Å². The molecule has 1 aliphatic heterocycles. The molecule has 0 aliphatic carbocycles. The number of anilines is 1. The van der Waals surface area contributed by atoms with E-state index in [0.29, 0.717) is 4.90 Å². The zero-order valence-corrected chi connectivity index (χ0v) is 9.55. The molecule has 0 aromatic heterocycles. The second-order valence-electron chi connectivity index (χ2n) is 3.61. The van der Waals surface area contributed by atoms with Crippen molar-refractivity contribution in [3.63, 3.8) is 0 Å². The Morgan fingerprint density at radius 2 is 2.06 bits per heavy atom. The number of hydrogen-bond donors (Lipinski definition) is 0. The maximum Gasteiger partial charge on any atom is 0.362 e. The highest BCUT2D eigenvalue weighted by Crippen LogP contribution is 2.30. The summed E-state index contributed by atoms with van der Waals surface area (Å²) in [4.78, 5) is 35.0. The van der Waals surface area contributed by atoms with Gasteiger partial charge in [-0.05, 0) is 19.1 Å². The number of carbonyl (C=O) groups is 3. The average Bonchev–Trinajstić information content (AvgIpc) is 2.62. The van der Waals surface area contributed by atoms with E-state index in [1.54, 1.807) is 12.1 Å². The van der Waals surface area contributed by atoms with Gasteiger partial charge < -0.3 is 4.74 Å². The molecule has 0 radical (unpaired) electrons. The maximum atomic E-state index is 13.9. The molecule has 0 fully saturated rings. The summed E-state index contributed by atoms with van der Waals surface area (Å²) in [5.74, 6) is -3.07. The van der Waals surface area contributed by atoms with E-state index in [-0.39, 0.29) is 17.9 Å². The third-order valence-electron chi connectivity index (χ3n) is 2.53. The molecule has 0 bridgehead atoms. The lowest BCUT2D eigenvalue weighted by Gasteiger charge is -2.19. The molecule has 2 rings (SSSR count). The number of Topliss-reactive ketones (excluding diaryl/α,β-unsaturated/α-hetero) is 1. The van der Waals surface area contributed by atoms with Gasteiger partial charge in [0.05, 0.1) is 17.9 Å². The first kappa shape index (κ1) is 12.2. The molecule has 94 valence electrons. The summed E-state index contributed by atoms with van der Waals surface area (Å²) in [6.45, 7) is 1.52. The Kier molecular flexibility index (Phi) is 3.10. The van der Waals surface area contributed by atoms with Crippen LogP contribution in [-0.2, 0) is 14.3 Å². The molecule has 1 heterocycles. The quantitative estimate of drug-likeness (QED) is 0.458. The van der Waals surface area contributed by atoms with E-state index in [1.165, 1.54) is 19.1 Å². The molecule has 1 atom stereocenters. The highest BCUT2D eigenvalue weighted by Gasteiger charge is 2.43. The molecular formula is C12H10FNO4. The maximum absolute atomic E-state index is 13.9. The number of fused-ring (bicyclic) bond motifs is 1. The van der Waals surface area contributed by atoms with Gasteiger partial charge in [-0.15, -0.1) is 0 Å². The van der Waals surface area contributed by atoms with Crippen LogP contribution in [0.2, 0.25) is 0 Å². The number of ether oxygens (including phenoxy) is 1. The first-order chi connectivity index (χ1) is 8.57. The third kappa shape index (κ3) is 1.75. The molecule has 1 aromatic carbocycles. The Balaban J connectivity index is 2.37. The monoisotopic (exact) mass is 251 g/mol. The van der Waals surface area contributed by atoms with Crippen molar-refractivity contribution in [1.82, 2.24) is 0 Å². The van der Waals surface area contributed by atoms with Crippen molar-refractivity contribution in [3.05, 3.63) is 29.8 Å². The SMILES string of the molecule is CCOC(=O)C(F)N1C(=O)C(=O)c2ccccc21. The number of hydrogen-bond acceptors (Lipinski definition) is 4. The van der Waals surface area contributed by atoms with Crippen molar-refractivity contribution in [1.29, 1.82) is 0 Å².